The second-order valence-electron chi connectivity index (χ2n) is 5.94. The SMILES string of the molecule is CC.COc1ccc(N2C(=Nc3ccccc3)CC2c2cccnc2)cc1. The number of hydrogen-bond acceptors (Lipinski definition) is 3. The fourth-order valence-electron chi connectivity index (χ4n) is 3.09. The summed E-state index contributed by atoms with van der Waals surface area (Å²) in [6.07, 6.45) is 4.63. The lowest BCUT2D eigenvalue weighted by Gasteiger charge is -2.44. The fourth-order valence-corrected chi connectivity index (χ4v) is 3.09. The highest BCUT2D eigenvalue weighted by Gasteiger charge is 2.36. The minimum absolute atomic E-state index is 0.254. The van der Waals surface area contributed by atoms with E-state index in [0.29, 0.717) is 0 Å². The highest BCUT2D eigenvalue weighted by Crippen LogP contribution is 2.40. The van der Waals surface area contributed by atoms with Crippen LogP contribution in [0.15, 0.2) is 84.1 Å². The van der Waals surface area contributed by atoms with Crippen LogP contribution in [0.1, 0.15) is 31.9 Å². The van der Waals surface area contributed by atoms with Crippen LogP contribution in [0.3, 0.4) is 0 Å². The summed E-state index contributed by atoms with van der Waals surface area (Å²) < 4.78 is 5.28. The Hall–Kier alpha value is -3.14. The molecule has 0 radical (unpaired) electrons. The number of aliphatic imine (C=N–C) groups is 1. The molecule has 0 aliphatic carbocycles. The van der Waals surface area contributed by atoms with Gasteiger partial charge in [-0.1, -0.05) is 38.1 Å². The van der Waals surface area contributed by atoms with Crippen LogP contribution >= 0.6 is 0 Å². The number of pyridine rings is 1. The Kier molecular flexibility index (Phi) is 6.21. The first kappa shape index (κ1) is 18.6. The summed E-state index contributed by atoms with van der Waals surface area (Å²) in [5.74, 6) is 1.91. The Morgan fingerprint density at radius 3 is 2.33 bits per heavy atom. The third-order valence-electron chi connectivity index (χ3n) is 4.40. The maximum Gasteiger partial charge on any atom is 0.119 e. The number of anilines is 1. The van der Waals surface area contributed by atoms with Crippen LogP contribution < -0.4 is 9.64 Å². The Morgan fingerprint density at radius 2 is 1.70 bits per heavy atom. The predicted octanol–water partition coefficient (Wildman–Crippen LogP) is 5.80. The average Bonchev–Trinajstić information content (AvgIpc) is 2.74. The van der Waals surface area contributed by atoms with Crippen molar-refractivity contribution < 1.29 is 4.74 Å². The number of amidine groups is 1. The summed E-state index contributed by atoms with van der Waals surface area (Å²) in [4.78, 5) is 11.4. The molecule has 0 amide bonds. The van der Waals surface area contributed by atoms with Crippen LogP contribution in [-0.2, 0) is 0 Å². The van der Waals surface area contributed by atoms with Gasteiger partial charge < -0.3 is 9.64 Å². The molecule has 1 aliphatic heterocycles. The molecule has 1 aliphatic rings. The van der Waals surface area contributed by atoms with E-state index in [9.17, 15) is 0 Å². The van der Waals surface area contributed by atoms with Crippen molar-refractivity contribution in [1.29, 1.82) is 0 Å². The first-order valence-corrected chi connectivity index (χ1v) is 9.31. The van der Waals surface area contributed by atoms with Crippen molar-refractivity contribution in [3.05, 3.63) is 84.7 Å². The monoisotopic (exact) mass is 359 g/mol. The van der Waals surface area contributed by atoms with Crippen molar-refractivity contribution in [2.75, 3.05) is 12.0 Å². The number of hydrogen-bond donors (Lipinski definition) is 0. The Morgan fingerprint density at radius 1 is 0.963 bits per heavy atom. The number of aromatic nitrogens is 1. The smallest absolute Gasteiger partial charge is 0.119 e. The van der Waals surface area contributed by atoms with Crippen molar-refractivity contribution >= 4 is 17.2 Å². The van der Waals surface area contributed by atoms with Gasteiger partial charge in [0.05, 0.1) is 18.8 Å². The van der Waals surface area contributed by atoms with Crippen LogP contribution in [0.5, 0.6) is 5.75 Å². The van der Waals surface area contributed by atoms with Crippen LogP contribution in [0.25, 0.3) is 0 Å². The number of nitrogens with zero attached hydrogens (tertiary/aromatic N) is 3. The third-order valence-corrected chi connectivity index (χ3v) is 4.40. The molecule has 4 nitrogen and oxygen atoms in total. The second kappa shape index (κ2) is 8.99. The number of benzene rings is 2. The van der Waals surface area contributed by atoms with Crippen LogP contribution in [0.4, 0.5) is 11.4 Å². The quantitative estimate of drug-likeness (QED) is 0.591. The summed E-state index contributed by atoms with van der Waals surface area (Å²) >= 11 is 0. The van der Waals surface area contributed by atoms with E-state index in [2.05, 4.69) is 28.1 Å². The first-order valence-electron chi connectivity index (χ1n) is 9.31. The summed E-state index contributed by atoms with van der Waals surface area (Å²) in [5.41, 5.74) is 3.28. The summed E-state index contributed by atoms with van der Waals surface area (Å²) in [6.45, 7) is 4.00. The van der Waals surface area contributed by atoms with Gasteiger partial charge in [0, 0.05) is 24.5 Å². The molecule has 4 heteroatoms. The van der Waals surface area contributed by atoms with Crippen molar-refractivity contribution in [2.45, 2.75) is 26.3 Å². The van der Waals surface area contributed by atoms with Gasteiger partial charge >= 0.3 is 0 Å². The highest BCUT2D eigenvalue weighted by molar-refractivity contribution is 6.06. The van der Waals surface area contributed by atoms with Gasteiger partial charge in [-0.05, 0) is 48.0 Å². The Bertz CT molecular complexity index is 861. The van der Waals surface area contributed by atoms with Gasteiger partial charge in [0.15, 0.2) is 0 Å². The van der Waals surface area contributed by atoms with E-state index in [1.165, 1.54) is 5.56 Å². The lowest BCUT2D eigenvalue weighted by molar-refractivity contribution is 0.415. The van der Waals surface area contributed by atoms with Crippen LogP contribution in [0, 0.1) is 0 Å². The van der Waals surface area contributed by atoms with Gasteiger partial charge in [-0.25, -0.2) is 4.99 Å². The Balaban J connectivity index is 0.00000102. The average molecular weight is 359 g/mol. The van der Waals surface area contributed by atoms with E-state index in [1.54, 1.807) is 13.3 Å². The van der Waals surface area contributed by atoms with Crippen molar-refractivity contribution in [2.24, 2.45) is 4.99 Å². The van der Waals surface area contributed by atoms with Gasteiger partial charge in [-0.15, -0.1) is 0 Å². The number of para-hydroxylation sites is 1. The zero-order valence-electron chi connectivity index (χ0n) is 16.0. The van der Waals surface area contributed by atoms with E-state index in [1.807, 2.05) is 68.6 Å². The molecule has 0 N–H and O–H groups in total. The van der Waals surface area contributed by atoms with E-state index < -0.39 is 0 Å². The number of rotatable bonds is 4. The Labute approximate surface area is 161 Å². The van der Waals surface area contributed by atoms with Gasteiger partial charge in [0.2, 0.25) is 0 Å². The lowest BCUT2D eigenvalue weighted by Crippen LogP contribution is -2.46. The van der Waals surface area contributed by atoms with E-state index >= 15 is 0 Å². The molecule has 2 heterocycles. The highest BCUT2D eigenvalue weighted by atomic mass is 16.5. The molecular weight excluding hydrogens is 334 g/mol. The zero-order chi connectivity index (χ0) is 19.1. The van der Waals surface area contributed by atoms with Crippen LogP contribution in [0.2, 0.25) is 0 Å². The standard InChI is InChI=1S/C21H19N3O.C2H6/c1-25-19-11-9-18(10-12-19)24-20(16-6-5-13-22-15-16)14-21(24)23-17-7-3-2-4-8-17;1-2/h2-13,15,20H,14H2,1H3;1-2H3. The van der Waals surface area contributed by atoms with Crippen molar-refractivity contribution in [3.63, 3.8) is 0 Å². The largest absolute Gasteiger partial charge is 0.497 e. The molecule has 27 heavy (non-hydrogen) atoms. The molecule has 4 rings (SSSR count). The van der Waals surface area contributed by atoms with Crippen molar-refractivity contribution in [1.82, 2.24) is 4.98 Å². The van der Waals surface area contributed by atoms with Gasteiger partial charge in [-0.3, -0.25) is 4.98 Å². The first-order chi connectivity index (χ1) is 13.3. The third kappa shape index (κ3) is 4.17. The van der Waals surface area contributed by atoms with Gasteiger partial charge in [-0.2, -0.15) is 0 Å². The number of ether oxygens (including phenoxy) is 1. The fraction of sp³-hybridized carbons (Fsp3) is 0.217. The van der Waals surface area contributed by atoms with Crippen molar-refractivity contribution in [3.8, 4) is 5.75 Å². The van der Waals surface area contributed by atoms with E-state index in [-0.39, 0.29) is 6.04 Å². The van der Waals surface area contributed by atoms with Gasteiger partial charge in [0.25, 0.3) is 0 Å². The normalized spacial score (nSPS) is 16.9. The lowest BCUT2D eigenvalue weighted by atomic mass is 9.93. The predicted molar refractivity (Wildman–Crippen MR) is 112 cm³/mol. The molecule has 3 aromatic rings. The van der Waals surface area contributed by atoms with Crippen LogP contribution in [-0.4, -0.2) is 17.9 Å². The molecule has 1 atom stereocenters. The molecule has 1 fully saturated rings. The summed E-state index contributed by atoms with van der Waals surface area (Å²) in [7, 11) is 1.68. The minimum atomic E-state index is 0.254. The van der Waals surface area contributed by atoms with Gasteiger partial charge in [0.1, 0.15) is 11.6 Å². The molecule has 0 saturated carbocycles. The molecule has 2 aromatic carbocycles. The molecule has 0 spiro atoms. The maximum absolute atomic E-state index is 5.28. The molecule has 0 bridgehead atoms. The second-order valence-corrected chi connectivity index (χ2v) is 5.94. The zero-order valence-corrected chi connectivity index (χ0v) is 16.0. The minimum Gasteiger partial charge on any atom is -0.497 e. The maximum atomic E-state index is 5.28. The molecule has 138 valence electrons. The molecular formula is C23H25N3O. The molecule has 1 unspecified atom stereocenters. The molecule has 1 aromatic heterocycles. The topological polar surface area (TPSA) is 37.7 Å². The summed E-state index contributed by atoms with van der Waals surface area (Å²) in [6, 6.07) is 22.5. The summed E-state index contributed by atoms with van der Waals surface area (Å²) in [5, 5.41) is 0. The number of methoxy groups -OCH3 is 1. The molecule has 1 saturated heterocycles. The van der Waals surface area contributed by atoms with E-state index in [4.69, 9.17) is 9.73 Å². The van der Waals surface area contributed by atoms with E-state index in [0.717, 1.165) is 29.4 Å².